The summed E-state index contributed by atoms with van der Waals surface area (Å²) in [5.74, 6) is 1.03. The van der Waals surface area contributed by atoms with Gasteiger partial charge in [0, 0.05) is 11.8 Å². The van der Waals surface area contributed by atoms with Crippen LogP contribution in [0.3, 0.4) is 0 Å². The number of nitrogens with zero attached hydrogens (tertiary/aromatic N) is 5. The minimum Gasteiger partial charge on any atom is -0.342 e. The van der Waals surface area contributed by atoms with Crippen molar-refractivity contribution in [2.45, 2.75) is 13.0 Å². The average molecular weight is 333 g/mol. The molecule has 1 atom stereocenters. The van der Waals surface area contributed by atoms with E-state index in [0.717, 1.165) is 11.0 Å². The van der Waals surface area contributed by atoms with Gasteiger partial charge in [0.25, 0.3) is 5.91 Å². The fourth-order valence-electron chi connectivity index (χ4n) is 2.54. The largest absolute Gasteiger partial charge is 0.342 e. The number of nitrogens with one attached hydrogen (secondary N) is 2. The minimum absolute atomic E-state index is 0.211. The molecule has 0 saturated heterocycles. The standard InChI is InChI=1S/C17H15N7O/c1-11(16-22-13-4-2-3-5-14(13)23-16)21-17(25)12-6-7-19-15(8-12)24-10-18-9-20-24/h2-11H,1H3,(H,21,25)(H,22,23). The first-order valence-electron chi connectivity index (χ1n) is 7.77. The number of imidazole rings is 1. The van der Waals surface area contributed by atoms with Crippen LogP contribution in [0.5, 0.6) is 0 Å². The van der Waals surface area contributed by atoms with Gasteiger partial charge in [-0.2, -0.15) is 5.10 Å². The summed E-state index contributed by atoms with van der Waals surface area (Å²) in [7, 11) is 0. The molecule has 0 aliphatic heterocycles. The first kappa shape index (κ1) is 15.0. The second-order valence-electron chi connectivity index (χ2n) is 5.58. The Morgan fingerprint density at radius 1 is 1.28 bits per heavy atom. The summed E-state index contributed by atoms with van der Waals surface area (Å²) in [6.45, 7) is 1.88. The van der Waals surface area contributed by atoms with Crippen LogP contribution in [0, 0.1) is 0 Å². The molecule has 8 heteroatoms. The summed E-state index contributed by atoms with van der Waals surface area (Å²) in [6, 6.07) is 10.8. The highest BCUT2D eigenvalue weighted by Gasteiger charge is 2.15. The summed E-state index contributed by atoms with van der Waals surface area (Å²) < 4.78 is 1.50. The molecule has 2 N–H and O–H groups in total. The van der Waals surface area contributed by atoms with Crippen molar-refractivity contribution >= 4 is 16.9 Å². The Kier molecular flexibility index (Phi) is 3.70. The van der Waals surface area contributed by atoms with Crippen molar-refractivity contribution in [1.29, 1.82) is 0 Å². The van der Waals surface area contributed by atoms with Gasteiger partial charge in [-0.05, 0) is 31.2 Å². The molecule has 1 unspecified atom stereocenters. The Morgan fingerprint density at radius 2 is 2.16 bits per heavy atom. The molecule has 0 saturated carbocycles. The van der Waals surface area contributed by atoms with Gasteiger partial charge >= 0.3 is 0 Å². The van der Waals surface area contributed by atoms with Gasteiger partial charge < -0.3 is 10.3 Å². The predicted molar refractivity (Wildman–Crippen MR) is 91.1 cm³/mol. The van der Waals surface area contributed by atoms with E-state index in [1.54, 1.807) is 18.3 Å². The van der Waals surface area contributed by atoms with Crippen molar-refractivity contribution in [2.24, 2.45) is 0 Å². The third kappa shape index (κ3) is 2.97. The number of H-pyrrole nitrogens is 1. The Hall–Kier alpha value is -3.55. The van der Waals surface area contributed by atoms with Crippen molar-refractivity contribution in [1.82, 2.24) is 35.0 Å². The Labute approximate surface area is 143 Å². The summed E-state index contributed by atoms with van der Waals surface area (Å²) >= 11 is 0. The van der Waals surface area contributed by atoms with E-state index < -0.39 is 0 Å². The molecule has 1 amide bonds. The van der Waals surface area contributed by atoms with Crippen molar-refractivity contribution in [3.63, 3.8) is 0 Å². The molecule has 0 aliphatic carbocycles. The quantitative estimate of drug-likeness (QED) is 0.595. The topological polar surface area (TPSA) is 101 Å². The Balaban J connectivity index is 1.54. The predicted octanol–water partition coefficient (Wildman–Crippen LogP) is 2.03. The van der Waals surface area contributed by atoms with E-state index in [4.69, 9.17) is 0 Å². The first-order valence-corrected chi connectivity index (χ1v) is 7.77. The van der Waals surface area contributed by atoms with E-state index in [1.165, 1.54) is 17.3 Å². The fourth-order valence-corrected chi connectivity index (χ4v) is 2.54. The number of benzene rings is 1. The van der Waals surface area contributed by atoms with Gasteiger partial charge in [0.2, 0.25) is 0 Å². The molecule has 0 spiro atoms. The van der Waals surface area contributed by atoms with Crippen LogP contribution >= 0.6 is 0 Å². The smallest absolute Gasteiger partial charge is 0.252 e. The first-order chi connectivity index (χ1) is 12.2. The zero-order valence-electron chi connectivity index (χ0n) is 13.4. The zero-order valence-corrected chi connectivity index (χ0v) is 13.4. The molecule has 8 nitrogen and oxygen atoms in total. The van der Waals surface area contributed by atoms with Crippen molar-refractivity contribution in [3.05, 3.63) is 66.6 Å². The SMILES string of the molecule is CC(NC(=O)c1ccnc(-n2cncn2)c1)c1nc2ccccc2[nH]1. The molecule has 0 radical (unpaired) electrons. The van der Waals surface area contributed by atoms with Crippen LogP contribution < -0.4 is 5.32 Å². The number of fused-ring (bicyclic) bond motifs is 1. The lowest BCUT2D eigenvalue weighted by Gasteiger charge is -2.12. The van der Waals surface area contributed by atoms with E-state index in [1.807, 2.05) is 31.2 Å². The third-order valence-corrected chi connectivity index (χ3v) is 3.83. The molecule has 0 fully saturated rings. The van der Waals surface area contributed by atoms with Gasteiger partial charge in [-0.3, -0.25) is 4.79 Å². The molecule has 3 aromatic heterocycles. The van der Waals surface area contributed by atoms with Gasteiger partial charge in [-0.15, -0.1) is 0 Å². The Morgan fingerprint density at radius 3 is 2.96 bits per heavy atom. The monoisotopic (exact) mass is 333 g/mol. The number of rotatable bonds is 4. The molecule has 3 heterocycles. The van der Waals surface area contributed by atoms with Crippen LogP contribution in [0.2, 0.25) is 0 Å². The molecule has 0 bridgehead atoms. The van der Waals surface area contributed by atoms with Crippen LogP contribution in [0.25, 0.3) is 16.9 Å². The summed E-state index contributed by atoms with van der Waals surface area (Å²) in [4.78, 5) is 28.4. The molecule has 124 valence electrons. The average Bonchev–Trinajstić information content (AvgIpc) is 3.31. The van der Waals surface area contributed by atoms with Crippen molar-refractivity contribution in [3.8, 4) is 5.82 Å². The highest BCUT2D eigenvalue weighted by atomic mass is 16.1. The Bertz CT molecular complexity index is 989. The molecule has 0 aliphatic rings. The highest BCUT2D eigenvalue weighted by Crippen LogP contribution is 2.16. The van der Waals surface area contributed by atoms with E-state index in [9.17, 15) is 4.79 Å². The highest BCUT2D eigenvalue weighted by molar-refractivity contribution is 5.94. The normalized spacial score (nSPS) is 12.2. The molecule has 4 rings (SSSR count). The van der Waals surface area contributed by atoms with Crippen LogP contribution in [-0.2, 0) is 0 Å². The number of aromatic nitrogens is 6. The van der Waals surface area contributed by atoms with Crippen LogP contribution in [-0.4, -0.2) is 35.6 Å². The summed E-state index contributed by atoms with van der Waals surface area (Å²) in [5.41, 5.74) is 2.30. The maximum Gasteiger partial charge on any atom is 0.252 e. The zero-order chi connectivity index (χ0) is 17.2. The van der Waals surface area contributed by atoms with Crippen molar-refractivity contribution < 1.29 is 4.79 Å². The maximum absolute atomic E-state index is 12.5. The molecular weight excluding hydrogens is 318 g/mol. The lowest BCUT2D eigenvalue weighted by Crippen LogP contribution is -2.27. The third-order valence-electron chi connectivity index (χ3n) is 3.83. The number of carbonyl (C=O) groups is 1. The number of amides is 1. The molecule has 25 heavy (non-hydrogen) atoms. The van der Waals surface area contributed by atoms with Gasteiger partial charge in [0.15, 0.2) is 5.82 Å². The number of pyridine rings is 1. The van der Waals surface area contributed by atoms with E-state index >= 15 is 0 Å². The number of aromatic amines is 1. The minimum atomic E-state index is -0.261. The van der Waals surface area contributed by atoms with Gasteiger partial charge in [0.05, 0.1) is 17.1 Å². The van der Waals surface area contributed by atoms with Gasteiger partial charge in [-0.25, -0.2) is 19.6 Å². The van der Waals surface area contributed by atoms with Crippen LogP contribution in [0.4, 0.5) is 0 Å². The molecule has 4 aromatic rings. The van der Waals surface area contributed by atoms with Gasteiger partial charge in [-0.1, -0.05) is 12.1 Å². The number of hydrogen-bond acceptors (Lipinski definition) is 5. The maximum atomic E-state index is 12.5. The van der Waals surface area contributed by atoms with Crippen LogP contribution in [0.1, 0.15) is 29.1 Å². The number of carbonyl (C=O) groups excluding carboxylic acids is 1. The van der Waals surface area contributed by atoms with Crippen molar-refractivity contribution in [2.75, 3.05) is 0 Å². The summed E-state index contributed by atoms with van der Waals surface area (Å²) in [5, 5.41) is 6.96. The van der Waals surface area contributed by atoms with E-state index in [0.29, 0.717) is 17.2 Å². The summed E-state index contributed by atoms with van der Waals surface area (Å²) in [6.07, 6.45) is 4.51. The second-order valence-corrected chi connectivity index (χ2v) is 5.58. The lowest BCUT2D eigenvalue weighted by molar-refractivity contribution is 0.0938. The lowest BCUT2D eigenvalue weighted by atomic mass is 10.2. The van der Waals surface area contributed by atoms with Gasteiger partial charge in [0.1, 0.15) is 18.5 Å². The number of para-hydroxylation sites is 2. The molecular formula is C17H15N7O. The van der Waals surface area contributed by atoms with E-state index in [-0.39, 0.29) is 11.9 Å². The fraction of sp³-hybridized carbons (Fsp3) is 0.118. The molecule has 1 aromatic carbocycles. The second kappa shape index (κ2) is 6.16. The van der Waals surface area contributed by atoms with Crippen LogP contribution in [0.15, 0.2) is 55.2 Å². The number of hydrogen-bond donors (Lipinski definition) is 2. The van der Waals surface area contributed by atoms with E-state index in [2.05, 4.69) is 30.4 Å².